The highest BCUT2D eigenvalue weighted by Gasteiger charge is 2.11. The summed E-state index contributed by atoms with van der Waals surface area (Å²) in [5.74, 6) is 1.01. The first-order chi connectivity index (χ1) is 12.1. The second kappa shape index (κ2) is 6.07. The number of nitrogens with zero attached hydrogens (tertiary/aromatic N) is 5. The number of anilines is 2. The molecule has 0 radical (unpaired) electrons. The molecule has 0 aliphatic carbocycles. The summed E-state index contributed by atoms with van der Waals surface area (Å²) < 4.78 is 23.9. The van der Waals surface area contributed by atoms with Crippen LogP contribution in [0.2, 0.25) is 0 Å². The molecule has 0 saturated heterocycles. The van der Waals surface area contributed by atoms with Crippen molar-refractivity contribution >= 4 is 28.5 Å². The maximum Gasteiger partial charge on any atom is 0.232 e. The Balaban J connectivity index is 1.82. The maximum absolute atomic E-state index is 11.2. The predicted octanol–water partition coefficient (Wildman–Crippen LogP) is 1.80. The highest BCUT2D eigenvalue weighted by atomic mass is 32.2. The third-order valence-corrected chi connectivity index (χ3v) is 4.17. The molecule has 10 heteroatoms. The van der Waals surface area contributed by atoms with E-state index in [4.69, 9.17) is 0 Å². The smallest absolute Gasteiger partial charge is 0.232 e. The van der Waals surface area contributed by atoms with E-state index in [1.54, 1.807) is 28.8 Å². The lowest BCUT2D eigenvalue weighted by Gasteiger charge is -2.10. The average molecular weight is 354 g/mol. The molecule has 0 bridgehead atoms. The molecule has 1 atom stereocenters. The van der Waals surface area contributed by atoms with Gasteiger partial charge < -0.3 is 9.87 Å². The molecule has 0 amide bonds. The Labute approximate surface area is 144 Å². The molecule has 1 unspecified atom stereocenters. The summed E-state index contributed by atoms with van der Waals surface area (Å²) in [4.78, 5) is 8.93. The Bertz CT molecular complexity index is 1090. The molecule has 2 N–H and O–H groups in total. The van der Waals surface area contributed by atoms with Crippen molar-refractivity contribution in [2.45, 2.75) is 11.8 Å². The molecular formula is C15H12N7O2S-. The Morgan fingerprint density at radius 1 is 1.28 bits per heavy atom. The number of aromatic amines is 1. The van der Waals surface area contributed by atoms with E-state index < -0.39 is 11.1 Å². The molecule has 4 rings (SSSR count). The summed E-state index contributed by atoms with van der Waals surface area (Å²) in [6, 6.07) is 10.1. The Kier molecular flexibility index (Phi) is 3.75. The lowest BCUT2D eigenvalue weighted by atomic mass is 10.1. The van der Waals surface area contributed by atoms with E-state index in [0.717, 1.165) is 5.69 Å². The van der Waals surface area contributed by atoms with Crippen LogP contribution in [0.15, 0.2) is 47.6 Å². The largest absolute Gasteiger partial charge is 0.768 e. The monoisotopic (exact) mass is 354 g/mol. The number of H-pyrrole nitrogens is 1. The fraction of sp³-hybridized carbons (Fsp3) is 0.0667. The van der Waals surface area contributed by atoms with Crippen molar-refractivity contribution in [3.8, 4) is 11.3 Å². The van der Waals surface area contributed by atoms with E-state index >= 15 is 0 Å². The molecule has 9 nitrogen and oxygen atoms in total. The van der Waals surface area contributed by atoms with Crippen LogP contribution in [-0.2, 0) is 11.1 Å². The quantitative estimate of drug-likeness (QED) is 0.535. The fourth-order valence-electron chi connectivity index (χ4n) is 2.41. The van der Waals surface area contributed by atoms with Crippen LogP contribution in [0.25, 0.3) is 16.9 Å². The van der Waals surface area contributed by atoms with Gasteiger partial charge >= 0.3 is 0 Å². The molecule has 4 aromatic rings. The summed E-state index contributed by atoms with van der Waals surface area (Å²) in [6.07, 6.45) is 1.42. The molecular weight excluding hydrogens is 342 g/mol. The Hall–Kier alpha value is -3.11. The minimum absolute atomic E-state index is 0.193. The van der Waals surface area contributed by atoms with Crippen LogP contribution in [-0.4, -0.2) is 38.5 Å². The van der Waals surface area contributed by atoms with Crippen LogP contribution < -0.4 is 5.32 Å². The molecule has 25 heavy (non-hydrogen) atoms. The molecule has 3 aromatic heterocycles. The van der Waals surface area contributed by atoms with E-state index in [2.05, 4.69) is 30.6 Å². The summed E-state index contributed by atoms with van der Waals surface area (Å²) in [5, 5.41) is 14.2. The third-order valence-electron chi connectivity index (χ3n) is 3.53. The number of rotatable bonds is 4. The van der Waals surface area contributed by atoms with Crippen LogP contribution in [0.5, 0.6) is 0 Å². The maximum atomic E-state index is 11.2. The van der Waals surface area contributed by atoms with Gasteiger partial charge in [0.05, 0.1) is 5.69 Å². The predicted molar refractivity (Wildman–Crippen MR) is 90.0 cm³/mol. The van der Waals surface area contributed by atoms with E-state index in [1.807, 2.05) is 13.0 Å². The topological polar surface area (TPSA) is 124 Å². The highest BCUT2D eigenvalue weighted by molar-refractivity contribution is 7.79. The van der Waals surface area contributed by atoms with Crippen LogP contribution in [0.4, 0.5) is 11.8 Å². The van der Waals surface area contributed by atoms with Gasteiger partial charge in [0.1, 0.15) is 6.33 Å². The van der Waals surface area contributed by atoms with Crippen molar-refractivity contribution in [1.82, 2.24) is 29.8 Å². The first-order valence-corrected chi connectivity index (χ1v) is 8.37. The van der Waals surface area contributed by atoms with Gasteiger partial charge in [0, 0.05) is 28.3 Å². The van der Waals surface area contributed by atoms with Gasteiger partial charge in [-0.3, -0.25) is 9.31 Å². The second-order valence-electron chi connectivity index (χ2n) is 5.32. The molecule has 0 aliphatic rings. The van der Waals surface area contributed by atoms with E-state index in [0.29, 0.717) is 28.7 Å². The number of aryl methyl sites for hydroxylation is 1. The van der Waals surface area contributed by atoms with Gasteiger partial charge in [-0.25, -0.2) is 9.97 Å². The number of fused-ring (bicyclic) bond motifs is 1. The zero-order chi connectivity index (χ0) is 17.4. The Morgan fingerprint density at radius 2 is 2.16 bits per heavy atom. The molecule has 3 heterocycles. The molecule has 126 valence electrons. The zero-order valence-electron chi connectivity index (χ0n) is 13.0. The molecule has 0 saturated carbocycles. The van der Waals surface area contributed by atoms with E-state index in [-0.39, 0.29) is 4.90 Å². The normalized spacial score (nSPS) is 12.4. The minimum Gasteiger partial charge on any atom is -0.768 e. The molecule has 1 aromatic carbocycles. The standard InChI is InChI=1S/C15H13N7O2S/c1-9-5-13(21-20-9)19-15-18-12(7-14-16-8-17-22(14)15)10-3-2-4-11(6-10)25(23)24/h2-8H,1H3,(H,23,24)(H2,18,19,20,21)/p-1. The summed E-state index contributed by atoms with van der Waals surface area (Å²) in [5.41, 5.74) is 2.71. The van der Waals surface area contributed by atoms with E-state index in [1.165, 1.54) is 12.4 Å². The Morgan fingerprint density at radius 3 is 2.92 bits per heavy atom. The van der Waals surface area contributed by atoms with Crippen molar-refractivity contribution in [1.29, 1.82) is 0 Å². The summed E-state index contributed by atoms with van der Waals surface area (Å²) in [6.45, 7) is 1.89. The van der Waals surface area contributed by atoms with Crippen molar-refractivity contribution in [3.05, 3.63) is 48.4 Å². The summed E-state index contributed by atoms with van der Waals surface area (Å²) >= 11 is -2.31. The van der Waals surface area contributed by atoms with Gasteiger partial charge in [0.2, 0.25) is 5.95 Å². The number of nitrogens with one attached hydrogen (secondary N) is 2. The molecule has 0 aliphatic heterocycles. The number of hydrogen-bond donors (Lipinski definition) is 2. The van der Waals surface area contributed by atoms with Gasteiger partial charge in [0.25, 0.3) is 0 Å². The van der Waals surface area contributed by atoms with Crippen molar-refractivity contribution < 1.29 is 8.76 Å². The van der Waals surface area contributed by atoms with Crippen molar-refractivity contribution in [3.63, 3.8) is 0 Å². The van der Waals surface area contributed by atoms with Crippen molar-refractivity contribution in [2.24, 2.45) is 0 Å². The lowest BCUT2D eigenvalue weighted by molar-refractivity contribution is 0.537. The number of hydrogen-bond acceptors (Lipinski definition) is 7. The first kappa shape index (κ1) is 15.4. The van der Waals surface area contributed by atoms with Gasteiger partial charge in [-0.2, -0.15) is 14.7 Å². The van der Waals surface area contributed by atoms with Crippen LogP contribution in [0.3, 0.4) is 0 Å². The van der Waals surface area contributed by atoms with Crippen LogP contribution in [0, 0.1) is 6.92 Å². The van der Waals surface area contributed by atoms with Crippen LogP contribution >= 0.6 is 0 Å². The second-order valence-corrected chi connectivity index (χ2v) is 6.26. The van der Waals surface area contributed by atoms with Gasteiger partial charge in [-0.1, -0.05) is 12.1 Å². The average Bonchev–Trinajstić information content (AvgIpc) is 3.23. The van der Waals surface area contributed by atoms with Crippen LogP contribution in [0.1, 0.15) is 5.69 Å². The minimum atomic E-state index is -2.31. The number of aromatic nitrogens is 6. The number of benzene rings is 1. The zero-order valence-corrected chi connectivity index (χ0v) is 13.8. The molecule has 0 spiro atoms. The lowest BCUT2D eigenvalue weighted by Crippen LogP contribution is -2.04. The summed E-state index contributed by atoms with van der Waals surface area (Å²) in [7, 11) is 0. The van der Waals surface area contributed by atoms with Crippen molar-refractivity contribution in [2.75, 3.05) is 5.32 Å². The van der Waals surface area contributed by atoms with Gasteiger partial charge in [-0.05, 0) is 30.1 Å². The van der Waals surface area contributed by atoms with Gasteiger partial charge in [-0.15, -0.1) is 0 Å². The fourth-order valence-corrected chi connectivity index (χ4v) is 2.83. The molecule has 0 fully saturated rings. The first-order valence-electron chi connectivity index (χ1n) is 7.30. The highest BCUT2D eigenvalue weighted by Crippen LogP contribution is 2.24. The van der Waals surface area contributed by atoms with E-state index in [9.17, 15) is 8.76 Å². The SMILES string of the molecule is Cc1cc(Nc2nc(-c3cccc(S(=O)[O-])c3)cc3ncnn23)n[nH]1. The van der Waals surface area contributed by atoms with Gasteiger partial charge in [0.15, 0.2) is 11.5 Å². The third kappa shape index (κ3) is 2.99.